The van der Waals surface area contributed by atoms with Crippen LogP contribution in [0.15, 0.2) is 30.3 Å². The van der Waals surface area contributed by atoms with Crippen LogP contribution in [-0.2, 0) is 14.6 Å². The summed E-state index contributed by atoms with van der Waals surface area (Å²) < 4.78 is 23.5. The standard InChI is InChI=1S/C17H25N3O4S/c1-2-3-13-25(23,24)17(22)18-14-16(21)20-11-9-19(10-12-20)15-7-5-4-6-8-15/h4-8H,2-3,9-14H2,1H3,(H,18,22). The zero-order valence-corrected chi connectivity index (χ0v) is 15.3. The Balaban J connectivity index is 1.78. The van der Waals surface area contributed by atoms with Gasteiger partial charge in [0.1, 0.15) is 0 Å². The van der Waals surface area contributed by atoms with Crippen LogP contribution in [0.4, 0.5) is 10.5 Å². The van der Waals surface area contributed by atoms with Crippen LogP contribution in [0, 0.1) is 0 Å². The van der Waals surface area contributed by atoms with Gasteiger partial charge in [0.15, 0.2) is 0 Å². The van der Waals surface area contributed by atoms with Crippen molar-refractivity contribution in [3.05, 3.63) is 30.3 Å². The van der Waals surface area contributed by atoms with Gasteiger partial charge in [0.05, 0.1) is 12.3 Å². The average molecular weight is 367 g/mol. The van der Waals surface area contributed by atoms with Crippen molar-refractivity contribution >= 4 is 26.7 Å². The van der Waals surface area contributed by atoms with E-state index >= 15 is 0 Å². The Hall–Kier alpha value is -2.09. The minimum atomic E-state index is -3.82. The number of para-hydroxylation sites is 1. The lowest BCUT2D eigenvalue weighted by molar-refractivity contribution is -0.130. The Morgan fingerprint density at radius 3 is 2.32 bits per heavy atom. The second-order valence-electron chi connectivity index (χ2n) is 6.02. The molecule has 0 aliphatic carbocycles. The number of piperazine rings is 1. The van der Waals surface area contributed by atoms with Crippen molar-refractivity contribution in [3.8, 4) is 0 Å². The van der Waals surface area contributed by atoms with E-state index in [0.717, 1.165) is 5.69 Å². The van der Waals surface area contributed by atoms with Crippen LogP contribution >= 0.6 is 0 Å². The number of amides is 2. The van der Waals surface area contributed by atoms with Crippen molar-refractivity contribution in [2.75, 3.05) is 43.4 Å². The van der Waals surface area contributed by atoms with Crippen LogP contribution in [0.2, 0.25) is 0 Å². The Morgan fingerprint density at radius 2 is 1.72 bits per heavy atom. The number of nitrogens with one attached hydrogen (secondary N) is 1. The molecule has 1 aromatic carbocycles. The van der Waals surface area contributed by atoms with Crippen molar-refractivity contribution in [1.29, 1.82) is 0 Å². The van der Waals surface area contributed by atoms with Gasteiger partial charge in [-0.2, -0.15) is 0 Å². The number of rotatable bonds is 6. The average Bonchev–Trinajstić information content (AvgIpc) is 2.65. The molecule has 0 unspecified atom stereocenters. The number of unbranched alkanes of at least 4 members (excludes halogenated alkanes) is 1. The number of carbonyl (C=O) groups excluding carboxylic acids is 2. The zero-order chi connectivity index (χ0) is 18.3. The minimum Gasteiger partial charge on any atom is -0.368 e. The van der Waals surface area contributed by atoms with E-state index in [0.29, 0.717) is 39.0 Å². The quantitative estimate of drug-likeness (QED) is 0.818. The summed E-state index contributed by atoms with van der Waals surface area (Å²) in [6.07, 6.45) is 1.13. The summed E-state index contributed by atoms with van der Waals surface area (Å²) in [5, 5.41) is 1.18. The van der Waals surface area contributed by atoms with E-state index in [1.807, 2.05) is 37.3 Å². The lowest BCUT2D eigenvalue weighted by Crippen LogP contribution is -2.51. The summed E-state index contributed by atoms with van der Waals surface area (Å²) in [5.74, 6) is -0.439. The Labute approximate surface area is 148 Å². The molecule has 1 N–H and O–H groups in total. The number of nitrogens with zero attached hydrogens (tertiary/aromatic N) is 2. The molecule has 2 amide bonds. The summed E-state index contributed by atoms with van der Waals surface area (Å²) in [5.41, 5.74) is 1.12. The molecule has 2 rings (SSSR count). The van der Waals surface area contributed by atoms with Gasteiger partial charge in [0.25, 0.3) is 0 Å². The fourth-order valence-electron chi connectivity index (χ4n) is 2.65. The van der Waals surface area contributed by atoms with Crippen LogP contribution in [0.5, 0.6) is 0 Å². The van der Waals surface area contributed by atoms with E-state index in [1.54, 1.807) is 4.90 Å². The van der Waals surface area contributed by atoms with Crippen LogP contribution in [-0.4, -0.2) is 62.9 Å². The maximum absolute atomic E-state index is 12.2. The minimum absolute atomic E-state index is 0.181. The van der Waals surface area contributed by atoms with Crippen LogP contribution in [0.1, 0.15) is 19.8 Å². The number of carbonyl (C=O) groups is 2. The molecule has 8 heteroatoms. The molecule has 7 nitrogen and oxygen atoms in total. The molecule has 0 spiro atoms. The fourth-order valence-corrected chi connectivity index (χ4v) is 3.80. The maximum atomic E-state index is 12.2. The number of sulfone groups is 1. The summed E-state index contributed by atoms with van der Waals surface area (Å²) in [7, 11) is -3.82. The summed E-state index contributed by atoms with van der Waals surface area (Å²) in [6, 6.07) is 9.96. The number of hydrogen-bond donors (Lipinski definition) is 1. The van der Waals surface area contributed by atoms with Crippen LogP contribution in [0.25, 0.3) is 0 Å². The van der Waals surface area contributed by atoms with E-state index in [4.69, 9.17) is 0 Å². The molecule has 0 saturated carbocycles. The van der Waals surface area contributed by atoms with Gasteiger partial charge in [-0.3, -0.25) is 9.59 Å². The molecule has 1 fully saturated rings. The van der Waals surface area contributed by atoms with Gasteiger partial charge in [-0.05, 0) is 18.6 Å². The number of benzene rings is 1. The van der Waals surface area contributed by atoms with E-state index in [-0.39, 0.29) is 18.2 Å². The molecule has 1 heterocycles. The second kappa shape index (κ2) is 8.84. The smallest absolute Gasteiger partial charge is 0.336 e. The number of anilines is 1. The summed E-state index contributed by atoms with van der Waals surface area (Å²) in [4.78, 5) is 27.7. The number of hydrogen-bond acceptors (Lipinski definition) is 5. The fraction of sp³-hybridized carbons (Fsp3) is 0.529. The highest BCUT2D eigenvalue weighted by Gasteiger charge is 2.25. The highest BCUT2D eigenvalue weighted by Crippen LogP contribution is 2.15. The van der Waals surface area contributed by atoms with Gasteiger partial charge >= 0.3 is 5.24 Å². The molecule has 1 aliphatic rings. The molecule has 25 heavy (non-hydrogen) atoms. The molecular weight excluding hydrogens is 342 g/mol. The largest absolute Gasteiger partial charge is 0.368 e. The lowest BCUT2D eigenvalue weighted by Gasteiger charge is -2.36. The normalized spacial score (nSPS) is 15.1. The predicted molar refractivity (Wildman–Crippen MR) is 97.3 cm³/mol. The van der Waals surface area contributed by atoms with Crippen LogP contribution < -0.4 is 10.2 Å². The first-order valence-electron chi connectivity index (χ1n) is 8.52. The van der Waals surface area contributed by atoms with Crippen molar-refractivity contribution in [2.24, 2.45) is 0 Å². The highest BCUT2D eigenvalue weighted by atomic mass is 32.2. The molecule has 0 aromatic heterocycles. The van der Waals surface area contributed by atoms with Crippen molar-refractivity contribution in [2.45, 2.75) is 19.8 Å². The van der Waals surface area contributed by atoms with Gasteiger partial charge in [-0.15, -0.1) is 0 Å². The maximum Gasteiger partial charge on any atom is 0.336 e. The first-order valence-corrected chi connectivity index (χ1v) is 10.2. The Bertz CT molecular complexity index is 683. The van der Waals surface area contributed by atoms with E-state index in [9.17, 15) is 18.0 Å². The van der Waals surface area contributed by atoms with Gasteiger partial charge in [-0.1, -0.05) is 31.5 Å². The monoisotopic (exact) mass is 367 g/mol. The van der Waals surface area contributed by atoms with Crippen molar-refractivity contribution in [3.63, 3.8) is 0 Å². The van der Waals surface area contributed by atoms with Gasteiger partial charge in [0, 0.05) is 31.9 Å². The lowest BCUT2D eigenvalue weighted by atomic mass is 10.2. The summed E-state index contributed by atoms with van der Waals surface area (Å²) in [6.45, 7) is 4.08. The van der Waals surface area contributed by atoms with Gasteiger partial charge in [-0.25, -0.2) is 8.42 Å². The van der Waals surface area contributed by atoms with E-state index < -0.39 is 15.1 Å². The summed E-state index contributed by atoms with van der Waals surface area (Å²) >= 11 is 0. The van der Waals surface area contributed by atoms with Crippen molar-refractivity contribution < 1.29 is 18.0 Å². The third kappa shape index (κ3) is 5.45. The zero-order valence-electron chi connectivity index (χ0n) is 14.5. The first-order chi connectivity index (χ1) is 11.9. The topological polar surface area (TPSA) is 86.8 Å². The van der Waals surface area contributed by atoms with Crippen LogP contribution in [0.3, 0.4) is 0 Å². The molecular formula is C17H25N3O4S. The molecule has 0 atom stereocenters. The molecule has 1 aliphatic heterocycles. The second-order valence-corrected chi connectivity index (χ2v) is 8.03. The van der Waals surface area contributed by atoms with E-state index in [2.05, 4.69) is 10.2 Å². The Morgan fingerprint density at radius 1 is 1.08 bits per heavy atom. The molecule has 1 aromatic rings. The third-order valence-electron chi connectivity index (χ3n) is 4.19. The molecule has 0 radical (unpaired) electrons. The first kappa shape index (κ1) is 19.2. The molecule has 1 saturated heterocycles. The van der Waals surface area contributed by atoms with Gasteiger partial charge < -0.3 is 15.1 Å². The Kier molecular flexibility index (Phi) is 6.81. The SMILES string of the molecule is CCCCS(=O)(=O)C(=O)NCC(=O)N1CCN(c2ccccc2)CC1. The van der Waals surface area contributed by atoms with E-state index in [1.165, 1.54) is 0 Å². The van der Waals surface area contributed by atoms with Gasteiger partial charge in [0.2, 0.25) is 15.7 Å². The predicted octanol–water partition coefficient (Wildman–Crippen LogP) is 1.26. The molecule has 0 bridgehead atoms. The third-order valence-corrected chi connectivity index (χ3v) is 5.72. The highest BCUT2D eigenvalue weighted by molar-refractivity contribution is 8.06. The van der Waals surface area contributed by atoms with Crippen molar-refractivity contribution in [1.82, 2.24) is 10.2 Å². The molecule has 138 valence electrons.